The Balaban J connectivity index is 2.65. The second kappa shape index (κ2) is 4.99. The fourth-order valence-electron chi connectivity index (χ4n) is 1.26. The first kappa shape index (κ1) is 12.9. The Labute approximate surface area is 119 Å². The molecule has 0 atom stereocenters. The Morgan fingerprint density at radius 2 is 1.53 bits per heavy atom. The van der Waals surface area contributed by atoms with Crippen molar-refractivity contribution in [2.75, 3.05) is 0 Å². The van der Waals surface area contributed by atoms with Crippen LogP contribution in [0.5, 0.6) is 0 Å². The number of benzene rings is 1. The van der Waals surface area contributed by atoms with E-state index >= 15 is 0 Å². The summed E-state index contributed by atoms with van der Waals surface area (Å²) in [6, 6.07) is 5.20. The summed E-state index contributed by atoms with van der Waals surface area (Å²) >= 11 is 23.9. The SMILES string of the molecule is Cc1c(Cl)nc(-c2cccc(Cl)c2Cl)nc1Cl. The van der Waals surface area contributed by atoms with E-state index in [2.05, 4.69) is 9.97 Å². The Morgan fingerprint density at radius 1 is 0.941 bits per heavy atom. The molecule has 0 saturated carbocycles. The first-order chi connectivity index (χ1) is 8.00. The van der Waals surface area contributed by atoms with Gasteiger partial charge in [-0.15, -0.1) is 0 Å². The molecule has 0 N–H and O–H groups in total. The van der Waals surface area contributed by atoms with Crippen molar-refractivity contribution < 1.29 is 0 Å². The molecule has 2 aromatic rings. The van der Waals surface area contributed by atoms with Gasteiger partial charge in [0.1, 0.15) is 10.3 Å². The van der Waals surface area contributed by atoms with Gasteiger partial charge in [-0.2, -0.15) is 0 Å². The highest BCUT2D eigenvalue weighted by Gasteiger charge is 2.13. The van der Waals surface area contributed by atoms with E-state index in [1.807, 2.05) is 0 Å². The van der Waals surface area contributed by atoms with E-state index in [9.17, 15) is 0 Å². The third-order valence-corrected chi connectivity index (χ3v) is 3.77. The average Bonchev–Trinajstić information content (AvgIpc) is 2.29. The largest absolute Gasteiger partial charge is 0.216 e. The molecule has 2 nitrogen and oxygen atoms in total. The van der Waals surface area contributed by atoms with Crippen LogP contribution in [0.2, 0.25) is 20.4 Å². The summed E-state index contributed by atoms with van der Waals surface area (Å²) in [6.45, 7) is 1.74. The van der Waals surface area contributed by atoms with E-state index in [0.717, 1.165) is 0 Å². The van der Waals surface area contributed by atoms with Gasteiger partial charge < -0.3 is 0 Å². The number of aromatic nitrogens is 2. The molecule has 0 unspecified atom stereocenters. The molecule has 0 aliphatic carbocycles. The summed E-state index contributed by atoms with van der Waals surface area (Å²) in [5, 5.41) is 1.41. The summed E-state index contributed by atoms with van der Waals surface area (Å²) in [5.74, 6) is 0.359. The third-order valence-electron chi connectivity index (χ3n) is 2.22. The van der Waals surface area contributed by atoms with Crippen LogP contribution < -0.4 is 0 Å². The number of halogens is 4. The molecular weight excluding hydrogens is 302 g/mol. The van der Waals surface area contributed by atoms with Crippen LogP contribution in [0.25, 0.3) is 11.4 Å². The maximum Gasteiger partial charge on any atom is 0.164 e. The van der Waals surface area contributed by atoms with Gasteiger partial charge in [0.25, 0.3) is 0 Å². The van der Waals surface area contributed by atoms with Crippen LogP contribution in [0, 0.1) is 6.92 Å². The van der Waals surface area contributed by atoms with Gasteiger partial charge in [-0.1, -0.05) is 52.5 Å². The summed E-state index contributed by atoms with van der Waals surface area (Å²) in [6.07, 6.45) is 0. The van der Waals surface area contributed by atoms with Gasteiger partial charge in [0.2, 0.25) is 0 Å². The summed E-state index contributed by atoms with van der Waals surface area (Å²) in [7, 11) is 0. The molecule has 0 aliphatic heterocycles. The molecule has 2 rings (SSSR count). The van der Waals surface area contributed by atoms with Crippen LogP contribution in [0.3, 0.4) is 0 Å². The molecule has 1 heterocycles. The Morgan fingerprint density at radius 3 is 2.12 bits per heavy atom. The fourth-order valence-corrected chi connectivity index (χ4v) is 2.03. The van der Waals surface area contributed by atoms with E-state index in [1.165, 1.54) is 0 Å². The molecule has 17 heavy (non-hydrogen) atoms. The van der Waals surface area contributed by atoms with Crippen molar-refractivity contribution >= 4 is 46.4 Å². The lowest BCUT2D eigenvalue weighted by Crippen LogP contribution is -1.94. The van der Waals surface area contributed by atoms with Crippen molar-refractivity contribution in [2.45, 2.75) is 6.92 Å². The van der Waals surface area contributed by atoms with Crippen LogP contribution in [-0.2, 0) is 0 Å². The predicted octanol–water partition coefficient (Wildman–Crippen LogP) is 5.07. The monoisotopic (exact) mass is 306 g/mol. The lowest BCUT2D eigenvalue weighted by Gasteiger charge is -2.07. The number of rotatable bonds is 1. The summed E-state index contributed by atoms with van der Waals surface area (Å²) < 4.78 is 0. The minimum absolute atomic E-state index is 0.302. The van der Waals surface area contributed by atoms with Crippen molar-refractivity contribution in [1.29, 1.82) is 0 Å². The topological polar surface area (TPSA) is 25.8 Å². The van der Waals surface area contributed by atoms with Gasteiger partial charge in [0.05, 0.1) is 10.0 Å². The Hall–Kier alpha value is -0.540. The molecule has 0 radical (unpaired) electrons. The summed E-state index contributed by atoms with van der Waals surface area (Å²) in [5.41, 5.74) is 1.23. The zero-order chi connectivity index (χ0) is 12.6. The molecule has 0 amide bonds. The highest BCUT2D eigenvalue weighted by atomic mass is 35.5. The zero-order valence-corrected chi connectivity index (χ0v) is 11.7. The average molecular weight is 308 g/mol. The number of hydrogen-bond acceptors (Lipinski definition) is 2. The second-order valence-corrected chi connectivity index (χ2v) is 4.86. The minimum atomic E-state index is 0.302. The van der Waals surface area contributed by atoms with Gasteiger partial charge in [0.15, 0.2) is 5.82 Å². The van der Waals surface area contributed by atoms with E-state index < -0.39 is 0 Å². The smallest absolute Gasteiger partial charge is 0.164 e. The molecule has 6 heteroatoms. The van der Waals surface area contributed by atoms with Gasteiger partial charge in [-0.05, 0) is 19.1 Å². The van der Waals surface area contributed by atoms with Crippen molar-refractivity contribution in [3.63, 3.8) is 0 Å². The third kappa shape index (κ3) is 2.50. The van der Waals surface area contributed by atoms with Crippen molar-refractivity contribution in [3.8, 4) is 11.4 Å². The second-order valence-electron chi connectivity index (χ2n) is 3.36. The van der Waals surface area contributed by atoms with Crippen LogP contribution >= 0.6 is 46.4 Å². The van der Waals surface area contributed by atoms with E-state index in [-0.39, 0.29) is 0 Å². The quantitative estimate of drug-likeness (QED) is 0.688. The zero-order valence-electron chi connectivity index (χ0n) is 8.64. The normalized spacial score (nSPS) is 10.6. The first-order valence-corrected chi connectivity index (χ1v) is 6.16. The van der Waals surface area contributed by atoms with Gasteiger partial charge >= 0.3 is 0 Å². The highest BCUT2D eigenvalue weighted by molar-refractivity contribution is 6.43. The molecule has 0 bridgehead atoms. The standard InChI is InChI=1S/C11H6Cl4N2/c1-5-9(14)16-11(17-10(5)15)6-3-2-4-7(12)8(6)13/h2-4H,1H3. The first-order valence-electron chi connectivity index (χ1n) is 4.64. The van der Waals surface area contributed by atoms with E-state index in [0.29, 0.717) is 37.3 Å². The van der Waals surface area contributed by atoms with Gasteiger partial charge in [-0.3, -0.25) is 0 Å². The fraction of sp³-hybridized carbons (Fsp3) is 0.0909. The van der Waals surface area contributed by atoms with Gasteiger partial charge in [-0.25, -0.2) is 9.97 Å². The Kier molecular flexibility index (Phi) is 3.79. The lowest BCUT2D eigenvalue weighted by molar-refractivity contribution is 1.14. The molecule has 88 valence electrons. The molecule has 1 aromatic carbocycles. The van der Waals surface area contributed by atoms with E-state index in [1.54, 1.807) is 25.1 Å². The minimum Gasteiger partial charge on any atom is -0.216 e. The highest BCUT2D eigenvalue weighted by Crippen LogP contribution is 2.33. The van der Waals surface area contributed by atoms with Gasteiger partial charge in [0, 0.05) is 11.1 Å². The lowest BCUT2D eigenvalue weighted by atomic mass is 10.2. The number of nitrogens with zero attached hydrogens (tertiary/aromatic N) is 2. The van der Waals surface area contributed by atoms with Crippen LogP contribution in [-0.4, -0.2) is 9.97 Å². The molecule has 0 aliphatic rings. The van der Waals surface area contributed by atoms with Crippen molar-refractivity contribution in [1.82, 2.24) is 9.97 Å². The Bertz CT molecular complexity index is 561. The van der Waals surface area contributed by atoms with E-state index in [4.69, 9.17) is 46.4 Å². The summed E-state index contributed by atoms with van der Waals surface area (Å²) in [4.78, 5) is 8.27. The molecular formula is C11H6Cl4N2. The predicted molar refractivity (Wildman–Crippen MR) is 72.2 cm³/mol. The number of hydrogen-bond donors (Lipinski definition) is 0. The van der Waals surface area contributed by atoms with Crippen LogP contribution in [0.1, 0.15) is 5.56 Å². The van der Waals surface area contributed by atoms with Crippen molar-refractivity contribution in [3.05, 3.63) is 44.1 Å². The molecule has 0 spiro atoms. The van der Waals surface area contributed by atoms with Crippen LogP contribution in [0.15, 0.2) is 18.2 Å². The maximum atomic E-state index is 6.07. The molecule has 0 fully saturated rings. The molecule has 1 aromatic heterocycles. The van der Waals surface area contributed by atoms with Crippen molar-refractivity contribution in [2.24, 2.45) is 0 Å². The van der Waals surface area contributed by atoms with Crippen LogP contribution in [0.4, 0.5) is 0 Å². The molecule has 0 saturated heterocycles. The maximum absolute atomic E-state index is 6.07.